The number of hydrogen-bond acceptors (Lipinski definition) is 5. The molecule has 150 valence electrons. The lowest BCUT2D eigenvalue weighted by atomic mass is 9.91. The van der Waals surface area contributed by atoms with Crippen molar-refractivity contribution in [1.82, 2.24) is 5.01 Å². The predicted molar refractivity (Wildman–Crippen MR) is 101 cm³/mol. The Morgan fingerprint density at radius 1 is 1.11 bits per heavy atom. The van der Waals surface area contributed by atoms with Crippen LogP contribution in [0.3, 0.4) is 0 Å². The summed E-state index contributed by atoms with van der Waals surface area (Å²) in [5.41, 5.74) is -1.28. The Hall–Kier alpha value is -2.41. The van der Waals surface area contributed by atoms with Crippen LogP contribution >= 0.6 is 0 Å². The number of hydrogen-bond donors (Lipinski definition) is 2. The molecule has 0 fully saturated rings. The Morgan fingerprint density at radius 3 is 2.15 bits per heavy atom. The Kier molecular flexibility index (Phi) is 7.54. The number of carboxylic acids is 1. The van der Waals surface area contributed by atoms with E-state index in [1.807, 2.05) is 30.3 Å². The van der Waals surface area contributed by atoms with Gasteiger partial charge < -0.3 is 9.84 Å². The van der Waals surface area contributed by atoms with Crippen LogP contribution < -0.4 is 5.84 Å². The van der Waals surface area contributed by atoms with Crippen LogP contribution in [-0.2, 0) is 25.5 Å². The molecule has 0 radical (unpaired) electrons. The molecule has 0 heterocycles. The number of benzene rings is 1. The second kappa shape index (κ2) is 8.99. The fourth-order valence-corrected chi connectivity index (χ4v) is 2.48. The predicted octanol–water partition coefficient (Wildman–Crippen LogP) is 2.53. The topological polar surface area (TPSA) is 110 Å². The van der Waals surface area contributed by atoms with Gasteiger partial charge in [0.25, 0.3) is 5.91 Å². The largest absolute Gasteiger partial charge is 0.480 e. The van der Waals surface area contributed by atoms with E-state index >= 15 is 0 Å². The Balaban J connectivity index is 2.80. The van der Waals surface area contributed by atoms with Crippen LogP contribution in [-0.4, -0.2) is 39.6 Å². The van der Waals surface area contributed by atoms with E-state index in [0.717, 1.165) is 5.56 Å². The van der Waals surface area contributed by atoms with Crippen LogP contribution in [0.4, 0.5) is 0 Å². The monoisotopic (exact) mass is 378 g/mol. The zero-order valence-electron chi connectivity index (χ0n) is 16.7. The fraction of sp³-hybridized carbons (Fsp3) is 0.550. The zero-order valence-corrected chi connectivity index (χ0v) is 16.7. The van der Waals surface area contributed by atoms with Gasteiger partial charge in [0.1, 0.15) is 17.1 Å². The number of aliphatic carboxylic acids is 1. The molecule has 1 atom stereocenters. The highest BCUT2D eigenvalue weighted by Gasteiger charge is 2.44. The van der Waals surface area contributed by atoms with E-state index in [0.29, 0.717) is 17.9 Å². The highest BCUT2D eigenvalue weighted by atomic mass is 16.6. The summed E-state index contributed by atoms with van der Waals surface area (Å²) in [6, 6.07) is 8.41. The first-order valence-electron chi connectivity index (χ1n) is 8.95. The number of rotatable bonds is 8. The van der Waals surface area contributed by atoms with Gasteiger partial charge in [-0.15, -0.1) is 0 Å². The maximum Gasteiger partial charge on any atom is 0.328 e. The van der Waals surface area contributed by atoms with Crippen LogP contribution in [0.15, 0.2) is 30.3 Å². The van der Waals surface area contributed by atoms with Gasteiger partial charge in [-0.25, -0.2) is 10.6 Å². The van der Waals surface area contributed by atoms with E-state index in [1.54, 1.807) is 20.8 Å². The molecule has 1 amide bonds. The highest BCUT2D eigenvalue weighted by molar-refractivity contribution is 6.02. The smallest absolute Gasteiger partial charge is 0.328 e. The van der Waals surface area contributed by atoms with Crippen LogP contribution in [0.5, 0.6) is 0 Å². The molecule has 0 aliphatic heterocycles. The summed E-state index contributed by atoms with van der Waals surface area (Å²) in [5, 5.41) is 10.1. The summed E-state index contributed by atoms with van der Waals surface area (Å²) in [5.74, 6) is 3.08. The van der Waals surface area contributed by atoms with Gasteiger partial charge >= 0.3 is 11.9 Å². The second-order valence-electron chi connectivity index (χ2n) is 8.07. The molecule has 1 aromatic rings. The zero-order chi connectivity index (χ0) is 20.8. The number of esters is 1. The number of amides is 1. The van der Waals surface area contributed by atoms with Gasteiger partial charge in [-0.05, 0) is 59.4 Å². The van der Waals surface area contributed by atoms with Crippen molar-refractivity contribution < 1.29 is 24.2 Å². The van der Waals surface area contributed by atoms with Crippen molar-refractivity contribution in [3.63, 3.8) is 0 Å². The number of hydrazine groups is 1. The number of carboxylic acid groups (broad SMARTS) is 1. The Labute approximate surface area is 160 Å². The molecule has 0 aliphatic rings. The van der Waals surface area contributed by atoms with Gasteiger partial charge in [0, 0.05) is 0 Å². The fourth-order valence-electron chi connectivity index (χ4n) is 2.48. The molecule has 1 aromatic carbocycles. The number of aryl methyl sites for hydroxylation is 1. The summed E-state index contributed by atoms with van der Waals surface area (Å²) in [4.78, 5) is 36.7. The molecule has 0 saturated heterocycles. The maximum atomic E-state index is 12.7. The first kappa shape index (κ1) is 22.6. The van der Waals surface area contributed by atoms with Gasteiger partial charge in [-0.1, -0.05) is 30.3 Å². The first-order valence-corrected chi connectivity index (χ1v) is 8.95. The molecular formula is C20H30N2O5. The highest BCUT2D eigenvalue weighted by Crippen LogP contribution is 2.25. The number of carbonyl (C=O) groups is 3. The molecule has 27 heavy (non-hydrogen) atoms. The quantitative estimate of drug-likeness (QED) is 0.236. The van der Waals surface area contributed by atoms with Gasteiger partial charge in [0.15, 0.2) is 0 Å². The Morgan fingerprint density at radius 2 is 1.67 bits per heavy atom. The van der Waals surface area contributed by atoms with E-state index in [-0.39, 0.29) is 6.42 Å². The normalized spacial score (nSPS) is 13.0. The van der Waals surface area contributed by atoms with Crippen molar-refractivity contribution in [3.8, 4) is 0 Å². The van der Waals surface area contributed by atoms with Crippen molar-refractivity contribution in [3.05, 3.63) is 35.9 Å². The minimum Gasteiger partial charge on any atom is -0.480 e. The molecule has 0 aliphatic carbocycles. The lowest BCUT2D eigenvalue weighted by molar-refractivity contribution is -0.174. The Bertz CT molecular complexity index is 665. The third kappa shape index (κ3) is 6.67. The van der Waals surface area contributed by atoms with Crippen LogP contribution in [0, 0.1) is 5.41 Å². The molecule has 3 N–H and O–H groups in total. The van der Waals surface area contributed by atoms with E-state index in [1.165, 1.54) is 13.8 Å². The van der Waals surface area contributed by atoms with E-state index < -0.39 is 34.9 Å². The lowest BCUT2D eigenvalue weighted by Gasteiger charge is -2.32. The first-order chi connectivity index (χ1) is 12.4. The molecular weight excluding hydrogens is 348 g/mol. The summed E-state index contributed by atoms with van der Waals surface area (Å²) in [7, 11) is 0. The van der Waals surface area contributed by atoms with Gasteiger partial charge in [-0.2, -0.15) is 0 Å². The molecule has 7 heteroatoms. The van der Waals surface area contributed by atoms with Crippen molar-refractivity contribution in [2.24, 2.45) is 11.3 Å². The second-order valence-corrected chi connectivity index (χ2v) is 8.07. The molecule has 1 unspecified atom stereocenters. The van der Waals surface area contributed by atoms with Crippen LogP contribution in [0.2, 0.25) is 0 Å². The van der Waals surface area contributed by atoms with Gasteiger partial charge in [0.2, 0.25) is 0 Å². The number of nitrogens with two attached hydrogens (primary N) is 1. The molecule has 0 bridgehead atoms. The van der Waals surface area contributed by atoms with Gasteiger partial charge in [-0.3, -0.25) is 14.6 Å². The molecule has 7 nitrogen and oxygen atoms in total. The van der Waals surface area contributed by atoms with Gasteiger partial charge in [0.05, 0.1) is 0 Å². The van der Waals surface area contributed by atoms with Crippen molar-refractivity contribution in [1.29, 1.82) is 0 Å². The molecule has 0 saturated carbocycles. The van der Waals surface area contributed by atoms with Crippen molar-refractivity contribution >= 4 is 17.8 Å². The summed E-state index contributed by atoms with van der Waals surface area (Å²) >= 11 is 0. The summed E-state index contributed by atoms with van der Waals surface area (Å²) in [6.45, 7) is 7.83. The number of carbonyl (C=O) groups excluding carboxylic acids is 2. The SMILES string of the molecule is CC(C)(C)OC(=O)C(C)(C)C(=O)N(N)C(CCCc1ccccc1)C(=O)O. The third-order valence-corrected chi connectivity index (χ3v) is 4.09. The van der Waals surface area contributed by atoms with Crippen LogP contribution in [0.1, 0.15) is 53.0 Å². The van der Waals surface area contributed by atoms with Crippen molar-refractivity contribution in [2.45, 2.75) is 65.5 Å². The van der Waals surface area contributed by atoms with E-state index in [4.69, 9.17) is 10.6 Å². The maximum absolute atomic E-state index is 12.7. The average molecular weight is 378 g/mol. The lowest BCUT2D eigenvalue weighted by Crippen LogP contribution is -2.56. The summed E-state index contributed by atoms with van der Waals surface area (Å²) in [6.07, 6.45) is 1.38. The number of nitrogens with zero attached hydrogens (tertiary/aromatic N) is 1. The number of ether oxygens (including phenoxy) is 1. The molecule has 0 aromatic heterocycles. The standard InChI is InChI=1S/C20H30N2O5/c1-19(2,3)27-18(26)20(4,5)17(25)22(21)15(16(23)24)13-9-12-14-10-7-6-8-11-14/h6-8,10-11,15H,9,12-13,21H2,1-5H3,(H,23,24). The van der Waals surface area contributed by atoms with E-state index in [2.05, 4.69) is 0 Å². The van der Waals surface area contributed by atoms with Crippen molar-refractivity contribution in [2.75, 3.05) is 0 Å². The van der Waals surface area contributed by atoms with Crippen LogP contribution in [0.25, 0.3) is 0 Å². The molecule has 1 rings (SSSR count). The van der Waals surface area contributed by atoms with E-state index in [9.17, 15) is 19.5 Å². The third-order valence-electron chi connectivity index (χ3n) is 4.09. The minimum atomic E-state index is -1.59. The average Bonchev–Trinajstić information content (AvgIpc) is 2.56. The summed E-state index contributed by atoms with van der Waals surface area (Å²) < 4.78 is 5.26. The minimum absolute atomic E-state index is 0.177. The molecule has 0 spiro atoms.